The lowest BCUT2D eigenvalue weighted by Crippen LogP contribution is -2.20. The van der Waals surface area contributed by atoms with Gasteiger partial charge in [-0.1, -0.05) is 54.9 Å². The Kier molecular flexibility index (Phi) is 6.37. The number of aromatic nitrogens is 4. The molecule has 32 heavy (non-hydrogen) atoms. The number of benzene rings is 2. The molecule has 0 aliphatic carbocycles. The molecule has 0 fully saturated rings. The van der Waals surface area contributed by atoms with Crippen molar-refractivity contribution in [3.63, 3.8) is 0 Å². The Morgan fingerprint density at radius 1 is 1.06 bits per heavy atom. The Bertz CT molecular complexity index is 1250. The van der Waals surface area contributed by atoms with Gasteiger partial charge in [0.05, 0.1) is 29.0 Å². The van der Waals surface area contributed by atoms with Gasteiger partial charge in [-0.2, -0.15) is 0 Å². The lowest BCUT2D eigenvalue weighted by molar-refractivity contribution is 0.262. The molecule has 0 radical (unpaired) electrons. The molecule has 4 aromatic rings. The number of carbonyl (C=O) groups excluding carboxylic acids is 1. The van der Waals surface area contributed by atoms with Gasteiger partial charge in [0.25, 0.3) is 0 Å². The van der Waals surface area contributed by atoms with Gasteiger partial charge in [-0.15, -0.1) is 5.10 Å². The van der Waals surface area contributed by atoms with Crippen molar-refractivity contribution in [3.8, 4) is 5.69 Å². The number of anilines is 2. The molecule has 0 atom stereocenters. The number of urea groups is 1. The number of amides is 2. The molecule has 0 saturated carbocycles. The van der Waals surface area contributed by atoms with Gasteiger partial charge in [-0.25, -0.2) is 14.5 Å². The summed E-state index contributed by atoms with van der Waals surface area (Å²) in [5.74, 6) is 0.627. The van der Waals surface area contributed by atoms with Crippen LogP contribution >= 0.6 is 11.6 Å². The third-order valence-corrected chi connectivity index (χ3v) is 5.48. The molecule has 0 unspecified atom stereocenters. The van der Waals surface area contributed by atoms with Crippen LogP contribution < -0.4 is 10.6 Å². The lowest BCUT2D eigenvalue weighted by atomic mass is 10.1. The molecule has 7 nitrogen and oxygen atoms in total. The van der Waals surface area contributed by atoms with Crippen LogP contribution in [0.15, 0.2) is 54.7 Å². The number of pyridine rings is 1. The fraction of sp³-hybridized carbons (Fsp3) is 0.250. The van der Waals surface area contributed by atoms with E-state index >= 15 is 0 Å². The van der Waals surface area contributed by atoms with E-state index in [1.165, 1.54) is 0 Å². The van der Waals surface area contributed by atoms with E-state index in [0.29, 0.717) is 28.1 Å². The van der Waals surface area contributed by atoms with Crippen LogP contribution in [0, 0.1) is 12.8 Å². The summed E-state index contributed by atoms with van der Waals surface area (Å²) < 4.78 is 1.74. The van der Waals surface area contributed by atoms with Gasteiger partial charge in [0.2, 0.25) is 0 Å². The molecule has 0 saturated heterocycles. The van der Waals surface area contributed by atoms with E-state index in [1.807, 2.05) is 61.7 Å². The molecule has 2 heterocycles. The van der Waals surface area contributed by atoms with Gasteiger partial charge < -0.3 is 10.6 Å². The number of halogens is 1. The highest BCUT2D eigenvalue weighted by atomic mass is 35.5. The van der Waals surface area contributed by atoms with Crippen molar-refractivity contribution >= 4 is 39.8 Å². The van der Waals surface area contributed by atoms with Crippen molar-refractivity contribution in [3.05, 3.63) is 71.3 Å². The first kappa shape index (κ1) is 21.8. The monoisotopic (exact) mass is 448 g/mol. The Balaban J connectivity index is 1.44. The van der Waals surface area contributed by atoms with Crippen molar-refractivity contribution in [1.29, 1.82) is 0 Å². The van der Waals surface area contributed by atoms with Crippen LogP contribution in [0.4, 0.5) is 16.2 Å². The summed E-state index contributed by atoms with van der Waals surface area (Å²) in [6.45, 7) is 6.20. The minimum Gasteiger partial charge on any atom is -0.308 e. The van der Waals surface area contributed by atoms with Gasteiger partial charge in [0.15, 0.2) is 0 Å². The summed E-state index contributed by atoms with van der Waals surface area (Å²) in [6.07, 6.45) is 3.93. The molecule has 2 aromatic carbocycles. The van der Waals surface area contributed by atoms with E-state index in [-0.39, 0.29) is 6.03 Å². The zero-order chi connectivity index (χ0) is 22.7. The van der Waals surface area contributed by atoms with Crippen LogP contribution in [0.2, 0.25) is 5.15 Å². The van der Waals surface area contributed by atoms with Gasteiger partial charge in [0, 0.05) is 16.5 Å². The minimum atomic E-state index is -0.355. The van der Waals surface area contributed by atoms with E-state index in [2.05, 4.69) is 39.8 Å². The largest absolute Gasteiger partial charge is 0.323 e. The van der Waals surface area contributed by atoms with E-state index < -0.39 is 0 Å². The molecule has 2 aromatic heterocycles. The number of hydrogen-bond donors (Lipinski definition) is 2. The SMILES string of the molecule is Cc1nc(Cl)c2ccccc2c1NC(=O)Nc1ccc(-n2cc(CCC(C)C)nn2)cc1. The van der Waals surface area contributed by atoms with Crippen LogP contribution in [0.1, 0.15) is 31.7 Å². The van der Waals surface area contributed by atoms with Crippen LogP contribution in [0.3, 0.4) is 0 Å². The highest BCUT2D eigenvalue weighted by Crippen LogP contribution is 2.30. The predicted octanol–water partition coefficient (Wildman–Crippen LogP) is 6.01. The van der Waals surface area contributed by atoms with Crippen LogP contribution in [-0.2, 0) is 6.42 Å². The second-order valence-corrected chi connectivity index (χ2v) is 8.48. The smallest absolute Gasteiger partial charge is 0.308 e. The summed E-state index contributed by atoms with van der Waals surface area (Å²) in [6, 6.07) is 14.7. The molecule has 4 rings (SSSR count). The van der Waals surface area contributed by atoms with Crippen molar-refractivity contribution in [2.75, 3.05) is 10.6 Å². The van der Waals surface area contributed by atoms with Crippen molar-refractivity contribution in [2.45, 2.75) is 33.6 Å². The molecule has 0 bridgehead atoms. The van der Waals surface area contributed by atoms with E-state index in [1.54, 1.807) is 4.68 Å². The zero-order valence-electron chi connectivity index (χ0n) is 18.3. The molecular weight excluding hydrogens is 424 g/mol. The fourth-order valence-corrected chi connectivity index (χ4v) is 3.74. The quantitative estimate of drug-likeness (QED) is 0.354. The van der Waals surface area contributed by atoms with Crippen LogP contribution in [0.25, 0.3) is 16.5 Å². The first-order chi connectivity index (χ1) is 15.4. The standard InChI is InChI=1S/C24H25ClN6O/c1-15(2)8-9-18-14-31(30-29-18)19-12-10-17(11-13-19)27-24(32)28-22-16(3)26-23(25)21-7-5-4-6-20(21)22/h4-7,10-15H,8-9H2,1-3H3,(H2,27,28,32). The molecule has 0 aliphatic rings. The molecule has 8 heteroatoms. The lowest BCUT2D eigenvalue weighted by Gasteiger charge is -2.13. The second kappa shape index (κ2) is 9.36. The Morgan fingerprint density at radius 3 is 2.50 bits per heavy atom. The molecule has 2 N–H and O–H groups in total. The third-order valence-electron chi connectivity index (χ3n) is 5.19. The third kappa shape index (κ3) is 4.89. The molecule has 0 spiro atoms. The maximum atomic E-state index is 12.6. The number of hydrogen-bond acceptors (Lipinski definition) is 4. The number of nitrogens with zero attached hydrogens (tertiary/aromatic N) is 4. The van der Waals surface area contributed by atoms with Crippen molar-refractivity contribution in [2.24, 2.45) is 5.92 Å². The molecule has 164 valence electrons. The number of fused-ring (bicyclic) bond motifs is 1. The van der Waals surface area contributed by atoms with Crippen molar-refractivity contribution in [1.82, 2.24) is 20.0 Å². The normalized spacial score (nSPS) is 11.2. The highest BCUT2D eigenvalue weighted by molar-refractivity contribution is 6.35. The van der Waals surface area contributed by atoms with Gasteiger partial charge in [0.1, 0.15) is 5.15 Å². The minimum absolute atomic E-state index is 0.355. The summed E-state index contributed by atoms with van der Waals surface area (Å²) >= 11 is 6.25. The van der Waals surface area contributed by atoms with Gasteiger partial charge >= 0.3 is 6.03 Å². The van der Waals surface area contributed by atoms with Crippen LogP contribution in [-0.4, -0.2) is 26.0 Å². The number of nitrogens with one attached hydrogen (secondary N) is 2. The van der Waals surface area contributed by atoms with E-state index in [9.17, 15) is 4.79 Å². The first-order valence-electron chi connectivity index (χ1n) is 10.5. The summed E-state index contributed by atoms with van der Waals surface area (Å²) in [5.41, 5.74) is 3.80. The summed E-state index contributed by atoms with van der Waals surface area (Å²) in [7, 11) is 0. The van der Waals surface area contributed by atoms with Gasteiger partial charge in [-0.05, 0) is 49.9 Å². The number of carbonyl (C=O) groups is 1. The summed E-state index contributed by atoms with van der Waals surface area (Å²) in [5, 5.41) is 16.3. The van der Waals surface area contributed by atoms with Crippen molar-refractivity contribution < 1.29 is 4.79 Å². The average molecular weight is 449 g/mol. The predicted molar refractivity (Wildman–Crippen MR) is 129 cm³/mol. The molecule has 0 aliphatic heterocycles. The number of aryl methyl sites for hydroxylation is 2. The number of rotatable bonds is 6. The van der Waals surface area contributed by atoms with Gasteiger partial charge in [-0.3, -0.25) is 0 Å². The Morgan fingerprint density at radius 2 is 1.78 bits per heavy atom. The van der Waals surface area contributed by atoms with Crippen LogP contribution in [0.5, 0.6) is 0 Å². The Hall–Kier alpha value is -3.45. The Labute approximate surface area is 191 Å². The highest BCUT2D eigenvalue weighted by Gasteiger charge is 2.13. The summed E-state index contributed by atoms with van der Waals surface area (Å²) in [4.78, 5) is 17.0. The topological polar surface area (TPSA) is 84.7 Å². The average Bonchev–Trinajstić information content (AvgIpc) is 3.25. The second-order valence-electron chi connectivity index (χ2n) is 8.12. The first-order valence-corrected chi connectivity index (χ1v) is 10.9. The maximum Gasteiger partial charge on any atom is 0.323 e. The fourth-order valence-electron chi connectivity index (χ4n) is 3.45. The molecular formula is C24H25ClN6O. The molecule has 2 amide bonds. The van der Waals surface area contributed by atoms with E-state index in [4.69, 9.17) is 11.6 Å². The zero-order valence-corrected chi connectivity index (χ0v) is 19.0. The van der Waals surface area contributed by atoms with E-state index in [0.717, 1.165) is 35.0 Å². The maximum absolute atomic E-state index is 12.6.